The molecule has 0 aliphatic heterocycles. The Morgan fingerprint density at radius 1 is 0.941 bits per heavy atom. The van der Waals surface area contributed by atoms with Gasteiger partial charge in [0.15, 0.2) is 0 Å². The summed E-state index contributed by atoms with van der Waals surface area (Å²) >= 11 is 12.6. The van der Waals surface area contributed by atoms with E-state index in [9.17, 15) is 14.0 Å². The van der Waals surface area contributed by atoms with Crippen LogP contribution in [0.3, 0.4) is 0 Å². The van der Waals surface area contributed by atoms with E-state index >= 15 is 0 Å². The maximum atomic E-state index is 14.6. The van der Waals surface area contributed by atoms with E-state index in [1.807, 2.05) is 37.3 Å². The second-order valence-electron chi connectivity index (χ2n) is 7.99. The summed E-state index contributed by atoms with van der Waals surface area (Å²) in [6, 6.07) is 19.9. The third-order valence-corrected chi connectivity index (χ3v) is 6.22. The Bertz CT molecular complexity index is 1100. The summed E-state index contributed by atoms with van der Waals surface area (Å²) in [6.45, 7) is 2.36. The van der Waals surface area contributed by atoms with E-state index in [-0.39, 0.29) is 31.2 Å². The summed E-state index contributed by atoms with van der Waals surface area (Å²) in [4.78, 5) is 28.3. The summed E-state index contributed by atoms with van der Waals surface area (Å²) in [5.41, 5.74) is 1.69. The van der Waals surface area contributed by atoms with Crippen molar-refractivity contribution in [1.82, 2.24) is 10.2 Å². The third-order valence-electron chi connectivity index (χ3n) is 5.51. The summed E-state index contributed by atoms with van der Waals surface area (Å²) in [5.74, 6) is -1.10. The minimum Gasteiger partial charge on any atom is -0.354 e. The van der Waals surface area contributed by atoms with Gasteiger partial charge in [0.1, 0.15) is 11.9 Å². The van der Waals surface area contributed by atoms with Crippen LogP contribution in [0.2, 0.25) is 10.0 Å². The van der Waals surface area contributed by atoms with Gasteiger partial charge in [0, 0.05) is 35.1 Å². The van der Waals surface area contributed by atoms with E-state index < -0.39 is 11.9 Å². The zero-order valence-corrected chi connectivity index (χ0v) is 20.5. The summed E-state index contributed by atoms with van der Waals surface area (Å²) in [6.07, 6.45) is 0.923. The van der Waals surface area contributed by atoms with Gasteiger partial charge in [0.05, 0.1) is 6.42 Å². The maximum absolute atomic E-state index is 14.6. The highest BCUT2D eigenvalue weighted by atomic mass is 35.5. The summed E-state index contributed by atoms with van der Waals surface area (Å²) in [5, 5.41) is 3.62. The van der Waals surface area contributed by atoms with Gasteiger partial charge >= 0.3 is 0 Å². The van der Waals surface area contributed by atoms with Crippen molar-refractivity contribution in [2.45, 2.75) is 38.8 Å². The lowest BCUT2D eigenvalue weighted by molar-refractivity contribution is -0.140. The number of nitrogens with one attached hydrogen (secondary N) is 1. The zero-order chi connectivity index (χ0) is 24.5. The fourth-order valence-electron chi connectivity index (χ4n) is 3.68. The van der Waals surface area contributed by atoms with Crippen LogP contribution in [0.15, 0.2) is 72.8 Å². The van der Waals surface area contributed by atoms with Crippen molar-refractivity contribution in [2.24, 2.45) is 0 Å². The van der Waals surface area contributed by atoms with Crippen LogP contribution < -0.4 is 5.32 Å². The molecule has 0 bridgehead atoms. The molecule has 0 saturated heterocycles. The van der Waals surface area contributed by atoms with Crippen molar-refractivity contribution >= 4 is 35.0 Å². The molecule has 0 radical (unpaired) electrons. The first kappa shape index (κ1) is 25.7. The predicted octanol–water partition coefficient (Wildman–Crippen LogP) is 5.84. The van der Waals surface area contributed by atoms with Crippen LogP contribution in [-0.2, 0) is 29.0 Å². The van der Waals surface area contributed by atoms with Gasteiger partial charge in [0.25, 0.3) is 0 Å². The summed E-state index contributed by atoms with van der Waals surface area (Å²) < 4.78 is 14.6. The standard InChI is InChI=1S/C27H27Cl2FN2O2/c1-2-15-31-27(34)25(16-19-9-4-3-5-10-19)32(18-20-11-6-7-14-24(20)30)26(33)17-21-22(28)12-8-13-23(21)29/h3-14,25H,2,15-18H2,1H3,(H,31,34). The zero-order valence-electron chi connectivity index (χ0n) is 18.9. The molecule has 0 fully saturated rings. The molecule has 0 aliphatic rings. The number of carbonyl (C=O) groups is 2. The molecule has 0 heterocycles. The van der Waals surface area contributed by atoms with Crippen molar-refractivity contribution in [3.05, 3.63) is 105 Å². The second kappa shape index (κ2) is 12.5. The molecule has 178 valence electrons. The van der Waals surface area contributed by atoms with Crippen molar-refractivity contribution in [3.63, 3.8) is 0 Å². The number of nitrogens with zero attached hydrogens (tertiary/aromatic N) is 1. The smallest absolute Gasteiger partial charge is 0.243 e. The molecule has 1 unspecified atom stereocenters. The number of halogens is 3. The molecule has 3 aromatic carbocycles. The highest BCUT2D eigenvalue weighted by Gasteiger charge is 2.31. The minimum atomic E-state index is -0.845. The molecule has 1 N–H and O–H groups in total. The monoisotopic (exact) mass is 500 g/mol. The lowest BCUT2D eigenvalue weighted by Gasteiger charge is -2.32. The Balaban J connectivity index is 2.00. The predicted molar refractivity (Wildman–Crippen MR) is 134 cm³/mol. The fraction of sp³-hybridized carbons (Fsp3) is 0.259. The number of carbonyl (C=O) groups excluding carboxylic acids is 2. The number of benzene rings is 3. The molecule has 3 aromatic rings. The SMILES string of the molecule is CCCNC(=O)C(Cc1ccccc1)N(Cc1ccccc1F)C(=O)Cc1c(Cl)cccc1Cl. The van der Waals surface area contributed by atoms with Gasteiger partial charge in [-0.3, -0.25) is 9.59 Å². The summed E-state index contributed by atoms with van der Waals surface area (Å²) in [7, 11) is 0. The largest absolute Gasteiger partial charge is 0.354 e. The van der Waals surface area contributed by atoms with Gasteiger partial charge in [-0.2, -0.15) is 0 Å². The van der Waals surface area contributed by atoms with Crippen molar-refractivity contribution in [2.75, 3.05) is 6.54 Å². The van der Waals surface area contributed by atoms with Gasteiger partial charge in [-0.05, 0) is 35.7 Å². The van der Waals surface area contributed by atoms with E-state index in [0.29, 0.717) is 27.7 Å². The highest BCUT2D eigenvalue weighted by molar-refractivity contribution is 6.36. The quantitative estimate of drug-likeness (QED) is 0.380. The first-order chi connectivity index (χ1) is 16.4. The van der Waals surface area contributed by atoms with Crippen LogP contribution in [0.25, 0.3) is 0 Å². The van der Waals surface area contributed by atoms with Gasteiger partial charge in [-0.25, -0.2) is 4.39 Å². The van der Waals surface area contributed by atoms with Crippen molar-refractivity contribution in [1.29, 1.82) is 0 Å². The van der Waals surface area contributed by atoms with Crippen LogP contribution in [0.4, 0.5) is 4.39 Å². The van der Waals surface area contributed by atoms with E-state index in [0.717, 1.165) is 12.0 Å². The topological polar surface area (TPSA) is 49.4 Å². The van der Waals surface area contributed by atoms with Crippen LogP contribution in [0, 0.1) is 5.82 Å². The lowest BCUT2D eigenvalue weighted by Crippen LogP contribution is -2.51. The number of amides is 2. The molecule has 34 heavy (non-hydrogen) atoms. The normalized spacial score (nSPS) is 11.6. The number of hydrogen-bond acceptors (Lipinski definition) is 2. The minimum absolute atomic E-state index is 0.0649. The van der Waals surface area contributed by atoms with Gasteiger partial charge in [-0.1, -0.05) is 84.7 Å². The maximum Gasteiger partial charge on any atom is 0.243 e. The Labute approximate surface area is 209 Å². The van der Waals surface area contributed by atoms with E-state index in [1.165, 1.54) is 11.0 Å². The van der Waals surface area contributed by atoms with E-state index in [1.54, 1.807) is 36.4 Å². The van der Waals surface area contributed by atoms with Crippen molar-refractivity contribution < 1.29 is 14.0 Å². The molecule has 0 saturated carbocycles. The molecular formula is C27H27Cl2FN2O2. The first-order valence-corrected chi connectivity index (χ1v) is 11.9. The van der Waals surface area contributed by atoms with Crippen molar-refractivity contribution in [3.8, 4) is 0 Å². The number of hydrogen-bond donors (Lipinski definition) is 1. The number of rotatable bonds is 10. The lowest BCUT2D eigenvalue weighted by atomic mass is 10.0. The average molecular weight is 501 g/mol. The first-order valence-electron chi connectivity index (χ1n) is 11.2. The second-order valence-corrected chi connectivity index (χ2v) is 8.80. The molecule has 1 atom stereocenters. The Morgan fingerprint density at radius 3 is 2.24 bits per heavy atom. The Kier molecular flexibility index (Phi) is 9.49. The van der Waals surface area contributed by atoms with E-state index in [2.05, 4.69) is 5.32 Å². The average Bonchev–Trinajstić information content (AvgIpc) is 2.83. The molecular weight excluding hydrogens is 474 g/mol. The van der Waals surface area contributed by atoms with Crippen LogP contribution in [0.5, 0.6) is 0 Å². The molecule has 7 heteroatoms. The van der Waals surface area contributed by atoms with Crippen LogP contribution in [-0.4, -0.2) is 29.3 Å². The Morgan fingerprint density at radius 2 is 1.59 bits per heavy atom. The fourth-order valence-corrected chi connectivity index (χ4v) is 4.22. The van der Waals surface area contributed by atoms with Crippen LogP contribution >= 0.6 is 23.2 Å². The molecule has 4 nitrogen and oxygen atoms in total. The Hall–Kier alpha value is -2.89. The van der Waals surface area contributed by atoms with Gasteiger partial charge < -0.3 is 10.2 Å². The molecule has 0 aromatic heterocycles. The highest BCUT2D eigenvalue weighted by Crippen LogP contribution is 2.26. The van der Waals surface area contributed by atoms with Gasteiger partial charge in [-0.15, -0.1) is 0 Å². The molecule has 0 aliphatic carbocycles. The van der Waals surface area contributed by atoms with Gasteiger partial charge in [0.2, 0.25) is 11.8 Å². The van der Waals surface area contributed by atoms with Crippen LogP contribution in [0.1, 0.15) is 30.0 Å². The molecule has 0 spiro atoms. The molecule has 2 amide bonds. The third kappa shape index (κ3) is 6.81. The molecule has 3 rings (SSSR count). The van der Waals surface area contributed by atoms with E-state index in [4.69, 9.17) is 23.2 Å².